The van der Waals surface area contributed by atoms with Crippen LogP contribution in [0, 0.1) is 46.7 Å². The minimum Gasteiger partial charge on any atom is -0.344 e. The van der Waals surface area contributed by atoms with Crippen molar-refractivity contribution in [3.63, 3.8) is 0 Å². The number of hydrogen-bond acceptors (Lipinski definition) is 14. The molecule has 640 valence electrons. The van der Waals surface area contributed by atoms with Crippen LogP contribution in [0.15, 0.2) is 155 Å². The van der Waals surface area contributed by atoms with Gasteiger partial charge in [0, 0.05) is 73.2 Å². The Bertz CT molecular complexity index is 6800. The van der Waals surface area contributed by atoms with E-state index >= 15 is 26.3 Å². The molecule has 42 heteroatoms. The largest absolute Gasteiger partial charge is 0.344 e. The van der Waals surface area contributed by atoms with E-state index in [1.54, 1.807) is 12.1 Å². The van der Waals surface area contributed by atoms with Crippen LogP contribution < -0.4 is 31.2 Å². The number of aryl methyl sites for hydroxylation is 2. The second kappa shape index (κ2) is 30.7. The highest BCUT2D eigenvalue weighted by molar-refractivity contribution is 7.92. The molecule has 124 heavy (non-hydrogen) atoms. The van der Waals surface area contributed by atoms with Crippen molar-refractivity contribution >= 4 is 110 Å². The van der Waals surface area contributed by atoms with Gasteiger partial charge in [-0.2, -0.15) is 38.0 Å². The van der Waals surface area contributed by atoms with Crippen LogP contribution in [-0.2, 0) is 81.5 Å². The quantitative estimate of drug-likeness (QED) is 0.0459. The summed E-state index contributed by atoms with van der Waals surface area (Å²) < 4.78 is 267. The number of nitrogens with one attached hydrogen (secondary N) is 4. The molecule has 0 radical (unpaired) electrons. The van der Waals surface area contributed by atoms with Crippen molar-refractivity contribution in [2.24, 2.45) is 25.9 Å². The number of halogens is 16. The lowest BCUT2D eigenvalue weighted by molar-refractivity contribution is -0.123. The van der Waals surface area contributed by atoms with Gasteiger partial charge in [0.05, 0.1) is 89.6 Å². The van der Waals surface area contributed by atoms with Crippen molar-refractivity contribution in [2.75, 3.05) is 22.0 Å². The maximum Gasteiger partial charge on any atom is 0.293 e. The van der Waals surface area contributed by atoms with Gasteiger partial charge >= 0.3 is 0 Å². The van der Waals surface area contributed by atoms with Crippen molar-refractivity contribution in [3.05, 3.63) is 268 Å². The lowest BCUT2D eigenvalue weighted by Crippen LogP contribution is -2.38. The van der Waals surface area contributed by atoms with Gasteiger partial charge in [0.25, 0.3) is 35.8 Å². The van der Waals surface area contributed by atoms with Gasteiger partial charge in [-0.15, -0.1) is 0 Å². The Hall–Kier alpha value is -12.6. The number of carbonyl (C=O) groups is 2. The maximum absolute atomic E-state index is 15.5. The molecule has 0 bridgehead atoms. The molecule has 14 aromatic rings. The lowest BCUT2D eigenvalue weighted by atomic mass is 10.0. The summed E-state index contributed by atoms with van der Waals surface area (Å²) in [5.74, 6) is -19.7. The first-order valence-corrected chi connectivity index (χ1v) is 42.1. The molecule has 4 aliphatic carbocycles. The number of rotatable bonds is 22. The van der Waals surface area contributed by atoms with E-state index < -0.39 is 187 Å². The minimum absolute atomic E-state index is 0.00493. The van der Waals surface area contributed by atoms with Gasteiger partial charge in [-0.1, -0.05) is 71.7 Å². The molecule has 0 unspecified atom stereocenters. The molecular formula is C82H60Cl2F14N16O8S2. The molecule has 2 amide bonds. The SMILES string of the molecule is Cn1nc(NS(C)(=O)=O)c2c(Cl)ccc(-n3c([C@H](Cc4cc(F)cc(F)c4)NC(=O)Cn4nc(C(F)F)c5c4C(F)(F)[C@@H]4C[C@H]54)nc4cc(-c5ccccc5F)ccc4c3=O)c21.Cn1nc(NS(C)(=O)=O)c2c(Cl)ccc(-n3c([C@H](Cc4cc(F)cc(F)c4)NC(=O)Cn4nc(C(F)F)c5c4C(F)(F)[C@@H]4C[C@H]54)nc4cc(-c5ccccc5F)ccc4c3=O)c21. The molecule has 8 aromatic carbocycles. The number of aromatic nitrogens is 12. The normalized spacial score (nSPS) is 17.1. The third-order valence-electron chi connectivity index (χ3n) is 22.0. The Labute approximate surface area is 700 Å². The van der Waals surface area contributed by atoms with E-state index in [9.17, 15) is 71.1 Å². The first-order valence-electron chi connectivity index (χ1n) is 37.5. The Morgan fingerprint density at radius 3 is 1.21 bits per heavy atom. The van der Waals surface area contributed by atoms with E-state index in [1.165, 1.54) is 121 Å². The number of carbonyl (C=O) groups excluding carboxylic acids is 2. The lowest BCUT2D eigenvalue weighted by Gasteiger charge is -2.24. The first-order chi connectivity index (χ1) is 58.6. The molecule has 0 saturated heterocycles. The van der Waals surface area contributed by atoms with Gasteiger partial charge in [0.15, 0.2) is 11.6 Å². The molecule has 0 spiro atoms. The fourth-order valence-corrected chi connectivity index (χ4v) is 18.4. The van der Waals surface area contributed by atoms with Crippen LogP contribution in [0.2, 0.25) is 10.0 Å². The van der Waals surface area contributed by atoms with Crippen LogP contribution in [0.25, 0.3) is 77.2 Å². The van der Waals surface area contributed by atoms with Gasteiger partial charge in [0.2, 0.25) is 31.9 Å². The third-order valence-corrected chi connectivity index (χ3v) is 23.7. The van der Waals surface area contributed by atoms with Crippen LogP contribution >= 0.6 is 23.2 Å². The fourth-order valence-electron chi connectivity index (χ4n) is 16.9. The van der Waals surface area contributed by atoms with Crippen LogP contribution in [0.3, 0.4) is 0 Å². The molecule has 18 rings (SSSR count). The average molecular weight is 1800 g/mol. The Balaban J connectivity index is 0.000000176. The van der Waals surface area contributed by atoms with E-state index in [0.29, 0.717) is 21.5 Å². The van der Waals surface area contributed by atoms with Gasteiger partial charge in [-0.25, -0.2) is 70.7 Å². The molecule has 24 nitrogen and oxygen atoms in total. The number of hydrogen-bond donors (Lipinski definition) is 4. The summed E-state index contributed by atoms with van der Waals surface area (Å²) in [4.78, 5) is 67.7. The zero-order valence-electron chi connectivity index (χ0n) is 64.2. The van der Waals surface area contributed by atoms with Crippen LogP contribution in [-0.4, -0.2) is 99.4 Å². The van der Waals surface area contributed by atoms with E-state index in [2.05, 4.69) is 40.5 Å². The van der Waals surface area contributed by atoms with Crippen LogP contribution in [0.5, 0.6) is 0 Å². The smallest absolute Gasteiger partial charge is 0.293 e. The van der Waals surface area contributed by atoms with Gasteiger partial charge in [0.1, 0.15) is 82.4 Å². The first kappa shape index (κ1) is 83.7. The number of fused-ring (bicyclic) bond motifs is 10. The Kier molecular flexibility index (Phi) is 20.7. The molecular weight excluding hydrogens is 1740 g/mol. The van der Waals surface area contributed by atoms with Crippen molar-refractivity contribution in [2.45, 2.75) is 87.4 Å². The zero-order chi connectivity index (χ0) is 88.3. The highest BCUT2D eigenvalue weighted by Gasteiger charge is 2.68. The predicted octanol–water partition coefficient (Wildman–Crippen LogP) is 15.6. The maximum atomic E-state index is 15.5. The minimum atomic E-state index is -3.93. The van der Waals surface area contributed by atoms with Crippen LogP contribution in [0.1, 0.15) is 106 Å². The highest BCUT2D eigenvalue weighted by atomic mass is 35.5. The van der Waals surface area contributed by atoms with Crippen molar-refractivity contribution in [1.29, 1.82) is 0 Å². The van der Waals surface area contributed by atoms with Crippen LogP contribution in [0.4, 0.5) is 73.1 Å². The summed E-state index contributed by atoms with van der Waals surface area (Å²) in [5, 5.41) is 21.3. The third kappa shape index (κ3) is 15.2. The zero-order valence-corrected chi connectivity index (χ0v) is 67.4. The van der Waals surface area contributed by atoms with Gasteiger partial charge < -0.3 is 10.6 Å². The monoisotopic (exact) mass is 1800 g/mol. The summed E-state index contributed by atoms with van der Waals surface area (Å²) >= 11 is 13.2. The van der Waals surface area contributed by atoms with Crippen molar-refractivity contribution < 1.29 is 87.9 Å². The number of anilines is 2. The van der Waals surface area contributed by atoms with Gasteiger partial charge in [-0.3, -0.25) is 56.5 Å². The fraction of sp³-hybridized carbons (Fsp3) is 0.244. The topological polar surface area (TPSA) is 292 Å². The number of sulfonamides is 2. The van der Waals surface area contributed by atoms with E-state index in [0.717, 1.165) is 45.9 Å². The predicted molar refractivity (Wildman–Crippen MR) is 427 cm³/mol. The molecule has 6 atom stereocenters. The Morgan fingerprint density at radius 1 is 0.500 bits per heavy atom. The summed E-state index contributed by atoms with van der Waals surface area (Å²) in [6.45, 7) is -2.03. The van der Waals surface area contributed by atoms with Gasteiger partial charge in [-0.05, 0) is 132 Å². The number of benzene rings is 8. The van der Waals surface area contributed by atoms with E-state index in [-0.39, 0.29) is 146 Å². The average Bonchev–Trinajstić information content (AvgIpc) is 1.53. The number of alkyl halides is 8. The highest BCUT2D eigenvalue weighted by Crippen LogP contribution is 2.69. The number of nitrogens with zero attached hydrogens (tertiary/aromatic N) is 12. The second-order valence-electron chi connectivity index (χ2n) is 30.5. The number of amides is 2. The Morgan fingerprint density at radius 2 is 0.863 bits per heavy atom. The standard InChI is InChI=1S/2C41H30ClF7N8O4S/c2*1-55-35-30(10-9-26(42)33(35)38(53-55)54-62(2,60)61)57-39(51-28-14-19(7-8-23(28)40(57)59)22-5-3-4-6-27(22)45)29(13-18-11-20(43)15-21(44)12-18)50-31(58)17-56-36-32(34(52-56)37(46)47)24-16-25(24)41(36,48)49/h2*3-12,14-15,24-25,29,37H,13,16-17H2,1-2H3,(H,50,58)(H,53,54)/t2*24-,25+,29-/m00/s1. The molecule has 6 aromatic heterocycles. The summed E-state index contributed by atoms with van der Waals surface area (Å²) in [6.07, 6.45) is -5.73. The molecule has 2 saturated carbocycles. The summed E-state index contributed by atoms with van der Waals surface area (Å²) in [7, 11) is -5.00. The summed E-state index contributed by atoms with van der Waals surface area (Å²) in [5.41, 5.74) is -4.82. The summed E-state index contributed by atoms with van der Waals surface area (Å²) in [6, 6.07) is 27.5. The molecule has 4 aliphatic rings. The van der Waals surface area contributed by atoms with E-state index in [1.807, 2.05) is 0 Å². The molecule has 6 heterocycles. The second-order valence-corrected chi connectivity index (χ2v) is 34.8. The molecule has 4 N–H and O–H groups in total. The van der Waals surface area contributed by atoms with E-state index in [4.69, 9.17) is 33.2 Å². The van der Waals surface area contributed by atoms with Crippen molar-refractivity contribution in [1.82, 2.24) is 68.9 Å². The van der Waals surface area contributed by atoms with Crippen molar-refractivity contribution in [3.8, 4) is 33.6 Å². The molecule has 0 aliphatic heterocycles. The molecule has 2 fully saturated rings.